The number of carbonyl (C=O) groups is 2. The number of hydrogen-bond donors (Lipinski definition) is 0. The van der Waals surface area contributed by atoms with Gasteiger partial charge >= 0.3 is 11.9 Å². The zero-order chi connectivity index (χ0) is 25.9. The SMILES string of the molecule is C=CC(=O)O/C=C\Oc1ccc(-c2ccc(-c3ccc(O/C=C\OC(=O)C=C)cc3)c(F)c2F)cc1. The monoisotopic (exact) mass is 490 g/mol. The Kier molecular flexibility index (Phi) is 8.88. The molecule has 0 saturated carbocycles. The fourth-order valence-corrected chi connectivity index (χ4v) is 2.92. The van der Waals surface area contributed by atoms with E-state index in [1.165, 1.54) is 12.1 Å². The van der Waals surface area contributed by atoms with Gasteiger partial charge in [-0.2, -0.15) is 0 Å². The van der Waals surface area contributed by atoms with Crippen molar-refractivity contribution in [3.63, 3.8) is 0 Å². The van der Waals surface area contributed by atoms with Gasteiger partial charge < -0.3 is 18.9 Å². The van der Waals surface area contributed by atoms with Gasteiger partial charge in [-0.3, -0.25) is 0 Å². The van der Waals surface area contributed by atoms with E-state index in [2.05, 4.69) is 22.6 Å². The molecule has 6 nitrogen and oxygen atoms in total. The van der Waals surface area contributed by atoms with Gasteiger partial charge in [0.25, 0.3) is 0 Å². The van der Waals surface area contributed by atoms with E-state index < -0.39 is 23.6 Å². The van der Waals surface area contributed by atoms with E-state index in [4.69, 9.17) is 9.47 Å². The molecule has 3 aromatic rings. The average Bonchev–Trinajstić information content (AvgIpc) is 2.91. The molecule has 0 fully saturated rings. The Morgan fingerprint density at radius 1 is 0.583 bits per heavy atom. The van der Waals surface area contributed by atoms with Crippen molar-refractivity contribution in [2.24, 2.45) is 0 Å². The maximum Gasteiger partial charge on any atom is 0.335 e. The summed E-state index contributed by atoms with van der Waals surface area (Å²) in [7, 11) is 0. The molecule has 0 aliphatic heterocycles. The summed E-state index contributed by atoms with van der Waals surface area (Å²) in [6.45, 7) is 6.53. The Morgan fingerprint density at radius 2 is 0.944 bits per heavy atom. The van der Waals surface area contributed by atoms with E-state index in [9.17, 15) is 18.4 Å². The second-order valence-electron chi connectivity index (χ2n) is 6.90. The Morgan fingerprint density at radius 3 is 1.28 bits per heavy atom. The molecule has 3 rings (SSSR count). The van der Waals surface area contributed by atoms with E-state index in [1.807, 2.05) is 0 Å². The molecular weight excluding hydrogens is 470 g/mol. The van der Waals surface area contributed by atoms with E-state index in [0.717, 1.165) is 37.2 Å². The second kappa shape index (κ2) is 12.5. The summed E-state index contributed by atoms with van der Waals surface area (Å²) >= 11 is 0. The lowest BCUT2D eigenvalue weighted by Gasteiger charge is -2.10. The molecular formula is C28H20F2O6. The van der Waals surface area contributed by atoms with Crippen LogP contribution >= 0.6 is 0 Å². The molecule has 182 valence electrons. The summed E-state index contributed by atoms with van der Waals surface area (Å²) in [6.07, 6.45) is 6.46. The molecule has 0 unspecified atom stereocenters. The highest BCUT2D eigenvalue weighted by atomic mass is 19.2. The quantitative estimate of drug-likeness (QED) is 0.185. The third-order valence-corrected chi connectivity index (χ3v) is 4.63. The van der Waals surface area contributed by atoms with Crippen LogP contribution in [-0.4, -0.2) is 11.9 Å². The number of carbonyl (C=O) groups excluding carboxylic acids is 2. The Balaban J connectivity index is 1.69. The van der Waals surface area contributed by atoms with Crippen LogP contribution in [0.1, 0.15) is 0 Å². The lowest BCUT2D eigenvalue weighted by atomic mass is 9.98. The van der Waals surface area contributed by atoms with Crippen molar-refractivity contribution in [3.8, 4) is 33.8 Å². The lowest BCUT2D eigenvalue weighted by Crippen LogP contribution is -1.95. The van der Waals surface area contributed by atoms with Crippen LogP contribution in [0.15, 0.2) is 111 Å². The minimum absolute atomic E-state index is 0.0809. The van der Waals surface area contributed by atoms with Crippen LogP contribution in [0.5, 0.6) is 11.5 Å². The normalized spacial score (nSPS) is 10.7. The van der Waals surface area contributed by atoms with Gasteiger partial charge in [0.2, 0.25) is 0 Å². The summed E-state index contributed by atoms with van der Waals surface area (Å²) in [6, 6.07) is 15.5. The molecule has 0 aliphatic carbocycles. The summed E-state index contributed by atoms with van der Waals surface area (Å²) in [4.78, 5) is 21.9. The smallest absolute Gasteiger partial charge is 0.335 e. The number of esters is 2. The molecule has 36 heavy (non-hydrogen) atoms. The van der Waals surface area contributed by atoms with E-state index in [1.54, 1.807) is 48.5 Å². The molecule has 0 heterocycles. The fraction of sp³-hybridized carbons (Fsp3) is 0. The number of hydrogen-bond acceptors (Lipinski definition) is 6. The van der Waals surface area contributed by atoms with Gasteiger partial charge in [-0.05, 0) is 35.4 Å². The molecule has 0 spiro atoms. The largest absolute Gasteiger partial charge is 0.462 e. The van der Waals surface area contributed by atoms with Gasteiger partial charge in [0, 0.05) is 23.3 Å². The fourth-order valence-electron chi connectivity index (χ4n) is 2.92. The van der Waals surface area contributed by atoms with Crippen LogP contribution < -0.4 is 9.47 Å². The van der Waals surface area contributed by atoms with Crippen LogP contribution in [0.4, 0.5) is 8.78 Å². The van der Waals surface area contributed by atoms with Crippen molar-refractivity contribution < 1.29 is 37.3 Å². The standard InChI is InChI=1S/C28H20F2O6/c1-3-25(31)35-17-15-33-21-9-5-19(6-10-21)23-13-14-24(28(30)27(23)29)20-7-11-22(12-8-20)34-16-18-36-26(32)4-2/h3-18H,1-2H2/b17-15-,18-16-. The molecule has 0 saturated heterocycles. The maximum atomic E-state index is 14.9. The number of benzene rings is 3. The Hall–Kier alpha value is -4.98. The van der Waals surface area contributed by atoms with Crippen molar-refractivity contribution in [2.45, 2.75) is 0 Å². The molecule has 0 bridgehead atoms. The third-order valence-electron chi connectivity index (χ3n) is 4.63. The molecule has 8 heteroatoms. The second-order valence-corrected chi connectivity index (χ2v) is 6.90. The van der Waals surface area contributed by atoms with Crippen LogP contribution in [0.2, 0.25) is 0 Å². The number of rotatable bonds is 10. The van der Waals surface area contributed by atoms with Gasteiger partial charge in [0.1, 0.15) is 36.5 Å². The first-order valence-electron chi connectivity index (χ1n) is 10.4. The van der Waals surface area contributed by atoms with Crippen molar-refractivity contribution in [2.75, 3.05) is 0 Å². The van der Waals surface area contributed by atoms with Crippen molar-refractivity contribution in [1.29, 1.82) is 0 Å². The van der Waals surface area contributed by atoms with E-state index in [0.29, 0.717) is 22.6 Å². The lowest BCUT2D eigenvalue weighted by molar-refractivity contribution is -0.133. The van der Waals surface area contributed by atoms with Gasteiger partial charge in [-0.25, -0.2) is 18.4 Å². The predicted octanol–water partition coefficient (Wildman–Crippen LogP) is 6.46. The molecule has 0 aliphatic rings. The van der Waals surface area contributed by atoms with Gasteiger partial charge in [0.05, 0.1) is 0 Å². The van der Waals surface area contributed by atoms with Crippen molar-refractivity contribution in [3.05, 3.63) is 123 Å². The average molecular weight is 490 g/mol. The van der Waals surface area contributed by atoms with Crippen LogP contribution in [0.3, 0.4) is 0 Å². The summed E-state index contributed by atoms with van der Waals surface area (Å²) in [5, 5.41) is 0. The first kappa shape index (κ1) is 25.6. The van der Waals surface area contributed by atoms with Gasteiger partial charge in [-0.15, -0.1) is 0 Å². The predicted molar refractivity (Wildman–Crippen MR) is 129 cm³/mol. The minimum Gasteiger partial charge on any atom is -0.462 e. The number of ether oxygens (including phenoxy) is 4. The minimum atomic E-state index is -0.996. The third kappa shape index (κ3) is 6.77. The van der Waals surface area contributed by atoms with Crippen LogP contribution in [0, 0.1) is 11.6 Å². The topological polar surface area (TPSA) is 71.1 Å². The highest BCUT2D eigenvalue weighted by Crippen LogP contribution is 2.33. The maximum absolute atomic E-state index is 14.9. The highest BCUT2D eigenvalue weighted by Gasteiger charge is 2.16. The van der Waals surface area contributed by atoms with Gasteiger partial charge in [-0.1, -0.05) is 49.6 Å². The zero-order valence-corrected chi connectivity index (χ0v) is 18.9. The molecule has 0 atom stereocenters. The Labute approximate surface area is 206 Å². The summed E-state index contributed by atoms with van der Waals surface area (Å²) in [5.41, 5.74) is 1.05. The van der Waals surface area contributed by atoms with E-state index >= 15 is 0 Å². The Bertz CT molecular complexity index is 1210. The molecule has 0 aromatic heterocycles. The first-order valence-corrected chi connectivity index (χ1v) is 10.4. The van der Waals surface area contributed by atoms with Crippen molar-refractivity contribution >= 4 is 11.9 Å². The van der Waals surface area contributed by atoms with E-state index in [-0.39, 0.29) is 11.1 Å². The van der Waals surface area contributed by atoms with Crippen LogP contribution in [0.25, 0.3) is 22.3 Å². The highest BCUT2D eigenvalue weighted by molar-refractivity contribution is 5.82. The van der Waals surface area contributed by atoms with Crippen LogP contribution in [-0.2, 0) is 19.1 Å². The molecule has 0 radical (unpaired) electrons. The molecule has 0 N–H and O–H groups in total. The molecule has 3 aromatic carbocycles. The van der Waals surface area contributed by atoms with Crippen molar-refractivity contribution in [1.82, 2.24) is 0 Å². The zero-order valence-electron chi connectivity index (χ0n) is 18.9. The summed E-state index contributed by atoms with van der Waals surface area (Å²) in [5.74, 6) is -2.45. The number of halogens is 2. The molecule has 0 amide bonds. The van der Waals surface area contributed by atoms with Gasteiger partial charge in [0.15, 0.2) is 11.6 Å². The first-order chi connectivity index (χ1) is 17.4. The summed E-state index contributed by atoms with van der Waals surface area (Å²) < 4.78 is 49.7.